The van der Waals surface area contributed by atoms with E-state index in [1.807, 2.05) is 24.3 Å². The van der Waals surface area contributed by atoms with Crippen molar-refractivity contribution in [3.63, 3.8) is 0 Å². The number of hydrogen-bond donors (Lipinski definition) is 2. The number of para-hydroxylation sites is 2. The Balaban J connectivity index is 1.65. The molecule has 0 spiro atoms. The number of ether oxygens (including phenoxy) is 1. The molecule has 1 aliphatic heterocycles. The zero-order chi connectivity index (χ0) is 18.6. The fraction of sp³-hybridized carbons (Fsp3) is 0.600. The summed E-state index contributed by atoms with van der Waals surface area (Å²) in [5.74, 6) is 0.194. The smallest absolute Gasteiger partial charge is 0.240 e. The van der Waals surface area contributed by atoms with Crippen molar-refractivity contribution in [2.24, 2.45) is 11.3 Å². The van der Waals surface area contributed by atoms with Crippen molar-refractivity contribution in [2.75, 3.05) is 43.1 Å². The molecule has 1 heterocycles. The third kappa shape index (κ3) is 4.18. The number of rotatable bonds is 7. The lowest BCUT2D eigenvalue weighted by molar-refractivity contribution is -0.134. The molecule has 142 valence electrons. The predicted octanol–water partition coefficient (Wildman–Crippen LogP) is 2.40. The SMILES string of the molecule is CC(C)CCNC(=O)C1(C(=O)Nc2ccccc2N2CCOCC2)CC1. The number of hydrogen-bond acceptors (Lipinski definition) is 4. The van der Waals surface area contributed by atoms with Gasteiger partial charge in [0.05, 0.1) is 24.6 Å². The quantitative estimate of drug-likeness (QED) is 0.734. The van der Waals surface area contributed by atoms with Gasteiger partial charge in [-0.05, 0) is 37.3 Å². The molecule has 6 heteroatoms. The van der Waals surface area contributed by atoms with E-state index < -0.39 is 5.41 Å². The number of amides is 2. The number of carbonyl (C=O) groups is 2. The van der Waals surface area contributed by atoms with E-state index in [0.717, 1.165) is 30.9 Å². The van der Waals surface area contributed by atoms with Crippen molar-refractivity contribution < 1.29 is 14.3 Å². The van der Waals surface area contributed by atoms with Crippen LogP contribution in [0.2, 0.25) is 0 Å². The van der Waals surface area contributed by atoms with Crippen LogP contribution in [0.25, 0.3) is 0 Å². The number of benzene rings is 1. The topological polar surface area (TPSA) is 70.7 Å². The van der Waals surface area contributed by atoms with E-state index in [4.69, 9.17) is 4.74 Å². The first-order valence-electron chi connectivity index (χ1n) is 9.54. The van der Waals surface area contributed by atoms with Crippen LogP contribution >= 0.6 is 0 Å². The standard InChI is InChI=1S/C20H29N3O3/c1-15(2)7-10-21-18(24)20(8-9-20)19(25)22-16-5-3-4-6-17(16)23-11-13-26-14-12-23/h3-6,15H,7-14H2,1-2H3,(H,21,24)(H,22,25). The lowest BCUT2D eigenvalue weighted by Gasteiger charge is -2.30. The van der Waals surface area contributed by atoms with Crippen molar-refractivity contribution in [1.82, 2.24) is 5.32 Å². The second-order valence-corrected chi connectivity index (χ2v) is 7.59. The van der Waals surface area contributed by atoms with Gasteiger partial charge in [0.2, 0.25) is 11.8 Å². The van der Waals surface area contributed by atoms with Crippen LogP contribution in [0.1, 0.15) is 33.1 Å². The molecule has 0 atom stereocenters. The van der Waals surface area contributed by atoms with Crippen molar-refractivity contribution in [3.8, 4) is 0 Å². The summed E-state index contributed by atoms with van der Waals surface area (Å²) in [6.45, 7) is 7.83. The molecule has 3 rings (SSSR count). The number of carbonyl (C=O) groups excluding carboxylic acids is 2. The van der Waals surface area contributed by atoms with Gasteiger partial charge in [0.1, 0.15) is 5.41 Å². The molecule has 0 unspecified atom stereocenters. The monoisotopic (exact) mass is 359 g/mol. The van der Waals surface area contributed by atoms with Gasteiger partial charge in [0.15, 0.2) is 0 Å². The van der Waals surface area contributed by atoms with Gasteiger partial charge in [-0.3, -0.25) is 9.59 Å². The lowest BCUT2D eigenvalue weighted by Crippen LogP contribution is -2.41. The average molecular weight is 359 g/mol. The largest absolute Gasteiger partial charge is 0.378 e. The van der Waals surface area contributed by atoms with Gasteiger partial charge >= 0.3 is 0 Å². The molecule has 0 aromatic heterocycles. The van der Waals surface area contributed by atoms with E-state index in [9.17, 15) is 9.59 Å². The molecule has 6 nitrogen and oxygen atoms in total. The highest BCUT2D eigenvalue weighted by atomic mass is 16.5. The molecule has 0 bridgehead atoms. The van der Waals surface area contributed by atoms with E-state index in [1.54, 1.807) is 0 Å². The Labute approximate surface area is 155 Å². The van der Waals surface area contributed by atoms with E-state index in [2.05, 4.69) is 29.4 Å². The predicted molar refractivity (Wildman–Crippen MR) is 102 cm³/mol. The second-order valence-electron chi connectivity index (χ2n) is 7.59. The van der Waals surface area contributed by atoms with E-state index in [-0.39, 0.29) is 11.8 Å². The normalized spacial score (nSPS) is 18.5. The van der Waals surface area contributed by atoms with Gasteiger partial charge in [-0.15, -0.1) is 0 Å². The van der Waals surface area contributed by atoms with Crippen LogP contribution in [-0.4, -0.2) is 44.7 Å². The van der Waals surface area contributed by atoms with Crippen molar-refractivity contribution >= 4 is 23.2 Å². The van der Waals surface area contributed by atoms with Gasteiger partial charge < -0.3 is 20.3 Å². The molecule has 2 fully saturated rings. The summed E-state index contributed by atoms with van der Waals surface area (Å²) < 4.78 is 5.41. The maximum atomic E-state index is 12.9. The number of anilines is 2. The fourth-order valence-electron chi connectivity index (χ4n) is 3.23. The Morgan fingerprint density at radius 3 is 2.50 bits per heavy atom. The van der Waals surface area contributed by atoms with E-state index >= 15 is 0 Å². The molecule has 0 radical (unpaired) electrons. The molecule has 1 aliphatic carbocycles. The average Bonchev–Trinajstić information content (AvgIpc) is 3.44. The Bertz CT molecular complexity index is 649. The minimum absolute atomic E-state index is 0.139. The lowest BCUT2D eigenvalue weighted by atomic mass is 10.0. The van der Waals surface area contributed by atoms with Gasteiger partial charge in [0.25, 0.3) is 0 Å². The van der Waals surface area contributed by atoms with Crippen LogP contribution < -0.4 is 15.5 Å². The molecule has 1 saturated carbocycles. The first-order chi connectivity index (χ1) is 12.5. The summed E-state index contributed by atoms with van der Waals surface area (Å²) in [5, 5.41) is 5.94. The first kappa shape index (κ1) is 18.7. The van der Waals surface area contributed by atoms with E-state index in [1.165, 1.54) is 0 Å². The summed E-state index contributed by atoms with van der Waals surface area (Å²) in [6.07, 6.45) is 2.15. The summed E-state index contributed by atoms with van der Waals surface area (Å²) in [5.41, 5.74) is 0.857. The van der Waals surface area contributed by atoms with Crippen LogP contribution in [0.15, 0.2) is 24.3 Å². The fourth-order valence-corrected chi connectivity index (χ4v) is 3.23. The summed E-state index contributed by atoms with van der Waals surface area (Å²) >= 11 is 0. The van der Waals surface area contributed by atoms with Gasteiger partial charge in [-0.1, -0.05) is 26.0 Å². The molecule has 2 N–H and O–H groups in total. The van der Waals surface area contributed by atoms with Crippen LogP contribution in [0.5, 0.6) is 0 Å². The highest BCUT2D eigenvalue weighted by Gasteiger charge is 2.56. The zero-order valence-electron chi connectivity index (χ0n) is 15.7. The number of nitrogens with one attached hydrogen (secondary N) is 2. The molecule has 26 heavy (non-hydrogen) atoms. The number of morpholine rings is 1. The summed E-state index contributed by atoms with van der Waals surface area (Å²) in [6, 6.07) is 7.77. The van der Waals surface area contributed by atoms with Crippen LogP contribution in [0.4, 0.5) is 11.4 Å². The van der Waals surface area contributed by atoms with Crippen LogP contribution in [-0.2, 0) is 14.3 Å². The Hall–Kier alpha value is -2.08. The zero-order valence-corrected chi connectivity index (χ0v) is 15.7. The highest BCUT2D eigenvalue weighted by Crippen LogP contribution is 2.47. The Morgan fingerprint density at radius 2 is 1.85 bits per heavy atom. The van der Waals surface area contributed by atoms with Crippen molar-refractivity contribution in [3.05, 3.63) is 24.3 Å². The molecule has 2 aliphatic rings. The maximum Gasteiger partial charge on any atom is 0.240 e. The van der Waals surface area contributed by atoms with Gasteiger partial charge in [-0.25, -0.2) is 0 Å². The van der Waals surface area contributed by atoms with Gasteiger partial charge in [0, 0.05) is 19.6 Å². The third-order valence-electron chi connectivity index (χ3n) is 5.13. The first-order valence-corrected chi connectivity index (χ1v) is 9.54. The molecule has 2 amide bonds. The second kappa shape index (κ2) is 8.08. The molecule has 1 aromatic carbocycles. The van der Waals surface area contributed by atoms with Crippen LogP contribution in [0.3, 0.4) is 0 Å². The summed E-state index contributed by atoms with van der Waals surface area (Å²) in [7, 11) is 0. The van der Waals surface area contributed by atoms with Gasteiger partial charge in [-0.2, -0.15) is 0 Å². The summed E-state index contributed by atoms with van der Waals surface area (Å²) in [4.78, 5) is 27.6. The maximum absolute atomic E-state index is 12.9. The Morgan fingerprint density at radius 1 is 1.15 bits per heavy atom. The minimum atomic E-state index is -0.894. The molecule has 1 saturated heterocycles. The van der Waals surface area contributed by atoms with Crippen molar-refractivity contribution in [1.29, 1.82) is 0 Å². The minimum Gasteiger partial charge on any atom is -0.378 e. The molecule has 1 aromatic rings. The van der Waals surface area contributed by atoms with E-state index in [0.29, 0.717) is 38.5 Å². The molecular formula is C20H29N3O3. The number of nitrogens with zero attached hydrogens (tertiary/aromatic N) is 1. The van der Waals surface area contributed by atoms with Crippen molar-refractivity contribution in [2.45, 2.75) is 33.1 Å². The Kier molecular flexibility index (Phi) is 5.81. The van der Waals surface area contributed by atoms with Crippen LogP contribution in [0, 0.1) is 11.3 Å². The third-order valence-corrected chi connectivity index (χ3v) is 5.13. The molecular weight excluding hydrogens is 330 g/mol. The highest BCUT2D eigenvalue weighted by molar-refractivity contribution is 6.13.